The Morgan fingerprint density at radius 1 is 1.55 bits per heavy atom. The molecule has 0 amide bonds. The zero-order valence-corrected chi connectivity index (χ0v) is 6.07. The lowest BCUT2D eigenvalue weighted by atomic mass is 10.2. The molecule has 0 aliphatic heterocycles. The Hall–Kier alpha value is -1.42. The maximum atomic E-state index is 10.2. The fourth-order valence-corrected chi connectivity index (χ4v) is 0.798. The highest BCUT2D eigenvalue weighted by Gasteiger charge is 2.01. The van der Waals surface area contributed by atoms with Crippen LogP contribution in [0.4, 0.5) is 5.69 Å². The van der Waals surface area contributed by atoms with Crippen LogP contribution in [0.5, 0.6) is 5.75 Å². The molecule has 11 heavy (non-hydrogen) atoms. The molecule has 2 N–H and O–H groups in total. The molecule has 0 aromatic heterocycles. The second kappa shape index (κ2) is 3.12. The van der Waals surface area contributed by atoms with E-state index in [1.165, 1.54) is 0 Å². The van der Waals surface area contributed by atoms with Crippen LogP contribution >= 0.6 is 0 Å². The van der Waals surface area contributed by atoms with E-state index >= 15 is 0 Å². The maximum Gasteiger partial charge on any atom is 0.176 e. The number of hydrogen-bond donors (Lipinski definition) is 1. The van der Waals surface area contributed by atoms with Crippen molar-refractivity contribution in [2.75, 3.05) is 0 Å². The van der Waals surface area contributed by atoms with Crippen LogP contribution < -0.4 is 10.7 Å². The third-order valence-corrected chi connectivity index (χ3v) is 1.34. The molecule has 1 aromatic rings. The molecule has 0 spiro atoms. The third kappa shape index (κ3) is 1.53. The number of rotatable bonds is 2. The lowest BCUT2D eigenvalue weighted by molar-refractivity contribution is 0.335. The molecule has 58 valence electrons. The lowest BCUT2D eigenvalue weighted by Crippen LogP contribution is -2.01. The average Bonchev–Trinajstić information content (AvgIpc) is 2.04. The summed E-state index contributed by atoms with van der Waals surface area (Å²) in [6, 6.07) is 5.00. The van der Waals surface area contributed by atoms with Crippen molar-refractivity contribution in [1.29, 1.82) is 0 Å². The number of benzene rings is 1. The number of nitroso groups, excluding NO2 is 1. The fraction of sp³-hybridized carbons (Fsp3) is 0.143. The lowest BCUT2D eigenvalue weighted by Gasteiger charge is -2.00. The van der Waals surface area contributed by atoms with Crippen LogP contribution in [0.2, 0.25) is 0 Å². The van der Waals surface area contributed by atoms with Crippen molar-refractivity contribution in [2.45, 2.75) is 6.92 Å². The highest BCUT2D eigenvalue weighted by Crippen LogP contribution is 2.26. The monoisotopic (exact) mass is 152 g/mol. The summed E-state index contributed by atoms with van der Waals surface area (Å²) < 4.78 is 0. The smallest absolute Gasteiger partial charge is 0.176 e. The molecule has 0 bridgehead atoms. The average molecular weight is 152 g/mol. The molecule has 0 heterocycles. The molecule has 0 radical (unpaired) electrons. The van der Waals surface area contributed by atoms with Crippen molar-refractivity contribution in [3.05, 3.63) is 28.7 Å². The van der Waals surface area contributed by atoms with Gasteiger partial charge in [-0.15, -0.1) is 4.91 Å². The van der Waals surface area contributed by atoms with Crippen LogP contribution in [-0.2, 0) is 0 Å². The van der Waals surface area contributed by atoms with Gasteiger partial charge in [0.15, 0.2) is 11.4 Å². The maximum absolute atomic E-state index is 10.2. The molecular formula is C7H8N2O2. The Labute approximate surface area is 63.9 Å². The van der Waals surface area contributed by atoms with Gasteiger partial charge in [-0.1, -0.05) is 6.07 Å². The van der Waals surface area contributed by atoms with Gasteiger partial charge in [-0.05, 0) is 29.8 Å². The molecule has 0 aliphatic carbocycles. The van der Waals surface area contributed by atoms with Crippen LogP contribution in [0.1, 0.15) is 5.56 Å². The zero-order valence-electron chi connectivity index (χ0n) is 6.07. The summed E-state index contributed by atoms with van der Waals surface area (Å²) in [5.74, 6) is 5.17. The van der Waals surface area contributed by atoms with Gasteiger partial charge in [-0.25, -0.2) is 0 Å². The predicted molar refractivity (Wildman–Crippen MR) is 41.4 cm³/mol. The van der Waals surface area contributed by atoms with Crippen LogP contribution in [0.25, 0.3) is 0 Å². The molecule has 4 nitrogen and oxygen atoms in total. The summed E-state index contributed by atoms with van der Waals surface area (Å²) >= 11 is 0. The van der Waals surface area contributed by atoms with Gasteiger partial charge >= 0.3 is 0 Å². The fourth-order valence-electron chi connectivity index (χ4n) is 0.798. The molecule has 0 aliphatic rings. The van der Waals surface area contributed by atoms with Gasteiger partial charge in [-0.3, -0.25) is 0 Å². The highest BCUT2D eigenvalue weighted by atomic mass is 16.6. The second-order valence-electron chi connectivity index (χ2n) is 2.18. The Morgan fingerprint density at radius 2 is 2.27 bits per heavy atom. The van der Waals surface area contributed by atoms with E-state index in [0.29, 0.717) is 5.75 Å². The first kappa shape index (κ1) is 7.68. The van der Waals surface area contributed by atoms with Crippen molar-refractivity contribution in [3.8, 4) is 5.75 Å². The quantitative estimate of drug-likeness (QED) is 0.517. The Bertz CT molecular complexity index is 273. The van der Waals surface area contributed by atoms with Crippen molar-refractivity contribution in [2.24, 2.45) is 11.1 Å². The van der Waals surface area contributed by atoms with E-state index < -0.39 is 0 Å². The molecule has 0 saturated heterocycles. The highest BCUT2D eigenvalue weighted by molar-refractivity contribution is 5.52. The summed E-state index contributed by atoms with van der Waals surface area (Å²) in [5, 5.41) is 2.75. The molecule has 0 unspecified atom stereocenters. The summed E-state index contributed by atoms with van der Waals surface area (Å²) in [5.41, 5.74) is 1.17. The van der Waals surface area contributed by atoms with Crippen molar-refractivity contribution < 1.29 is 4.84 Å². The first-order chi connectivity index (χ1) is 5.27. The summed E-state index contributed by atoms with van der Waals surface area (Å²) in [6.07, 6.45) is 0. The minimum Gasteiger partial charge on any atom is -0.409 e. The van der Waals surface area contributed by atoms with Gasteiger partial charge in [0.25, 0.3) is 0 Å². The van der Waals surface area contributed by atoms with Crippen molar-refractivity contribution in [1.82, 2.24) is 0 Å². The first-order valence-electron chi connectivity index (χ1n) is 3.08. The molecule has 1 aromatic carbocycles. The SMILES string of the molecule is Cc1ccc(ON)c(N=O)c1. The zero-order chi connectivity index (χ0) is 8.27. The number of hydrogen-bond acceptors (Lipinski definition) is 4. The Balaban J connectivity index is 3.16. The van der Waals surface area contributed by atoms with Gasteiger partial charge in [0.05, 0.1) is 0 Å². The van der Waals surface area contributed by atoms with Gasteiger partial charge in [-0.2, -0.15) is 5.90 Å². The molecule has 0 fully saturated rings. The van der Waals surface area contributed by atoms with Gasteiger partial charge < -0.3 is 4.84 Å². The largest absolute Gasteiger partial charge is 0.409 e. The van der Waals surface area contributed by atoms with Crippen LogP contribution in [0.15, 0.2) is 23.4 Å². The van der Waals surface area contributed by atoms with E-state index in [1.54, 1.807) is 18.2 Å². The van der Waals surface area contributed by atoms with Crippen molar-refractivity contribution in [3.63, 3.8) is 0 Å². The van der Waals surface area contributed by atoms with E-state index in [4.69, 9.17) is 5.90 Å². The van der Waals surface area contributed by atoms with E-state index in [2.05, 4.69) is 10.0 Å². The summed E-state index contributed by atoms with van der Waals surface area (Å²) in [7, 11) is 0. The van der Waals surface area contributed by atoms with E-state index in [1.807, 2.05) is 6.92 Å². The third-order valence-electron chi connectivity index (χ3n) is 1.34. The minimum atomic E-state index is 0.229. The Kier molecular flexibility index (Phi) is 2.18. The van der Waals surface area contributed by atoms with E-state index in [9.17, 15) is 4.91 Å². The van der Waals surface area contributed by atoms with Crippen LogP contribution in [0.3, 0.4) is 0 Å². The minimum absolute atomic E-state index is 0.229. The van der Waals surface area contributed by atoms with Gasteiger partial charge in [0.1, 0.15) is 0 Å². The molecule has 1 rings (SSSR count). The van der Waals surface area contributed by atoms with E-state index in [0.717, 1.165) is 5.56 Å². The number of nitrogens with zero attached hydrogens (tertiary/aromatic N) is 1. The molecule has 0 saturated carbocycles. The topological polar surface area (TPSA) is 64.7 Å². The van der Waals surface area contributed by atoms with Crippen LogP contribution in [-0.4, -0.2) is 0 Å². The standard InChI is InChI=1S/C7H8N2O2/c1-5-2-3-7(11-8)6(4-5)9-10/h2-4H,8H2,1H3. The second-order valence-corrected chi connectivity index (χ2v) is 2.18. The molecular weight excluding hydrogens is 144 g/mol. The predicted octanol–water partition coefficient (Wildman–Crippen LogP) is 1.65. The van der Waals surface area contributed by atoms with Crippen LogP contribution in [0, 0.1) is 11.8 Å². The normalized spacial score (nSPS) is 9.27. The molecule has 4 heteroatoms. The number of aryl methyl sites for hydroxylation is 1. The summed E-state index contributed by atoms with van der Waals surface area (Å²) in [6.45, 7) is 1.86. The Morgan fingerprint density at radius 3 is 2.82 bits per heavy atom. The van der Waals surface area contributed by atoms with Gasteiger partial charge in [0, 0.05) is 0 Å². The first-order valence-corrected chi connectivity index (χ1v) is 3.08. The number of nitrogens with two attached hydrogens (primary N) is 1. The summed E-state index contributed by atoms with van der Waals surface area (Å²) in [4.78, 5) is 14.6. The van der Waals surface area contributed by atoms with Crippen molar-refractivity contribution >= 4 is 5.69 Å². The van der Waals surface area contributed by atoms with E-state index in [-0.39, 0.29) is 5.69 Å². The van der Waals surface area contributed by atoms with Gasteiger partial charge in [0.2, 0.25) is 0 Å². The molecule has 0 atom stereocenters.